The van der Waals surface area contributed by atoms with E-state index in [1.807, 2.05) is 32.0 Å². The van der Waals surface area contributed by atoms with Gasteiger partial charge in [0.2, 0.25) is 5.91 Å². The number of aromatic nitrogens is 1. The number of carbonyl (C=O) groups is 1. The molecule has 0 spiro atoms. The lowest BCUT2D eigenvalue weighted by molar-refractivity contribution is -0.139. The lowest BCUT2D eigenvalue weighted by atomic mass is 9.79. The third kappa shape index (κ3) is 3.80. The second-order valence-electron chi connectivity index (χ2n) is 5.18. The standard InChI is InChI=1S/C16H23N3O/c1-4-9-16(13-17,10-5-2)15(20)19(3)12-14-8-6-7-11-18-14/h6-8,11H,4-5,9-10,12H2,1-3H3. The molecule has 0 aliphatic carbocycles. The van der Waals surface area contributed by atoms with Crippen molar-refractivity contribution in [1.82, 2.24) is 9.88 Å². The van der Waals surface area contributed by atoms with Gasteiger partial charge < -0.3 is 4.90 Å². The zero-order valence-electron chi connectivity index (χ0n) is 12.6. The van der Waals surface area contributed by atoms with Crippen LogP contribution < -0.4 is 0 Å². The van der Waals surface area contributed by atoms with Crippen LogP contribution in [0, 0.1) is 16.7 Å². The fraction of sp³-hybridized carbons (Fsp3) is 0.562. The van der Waals surface area contributed by atoms with E-state index in [0.29, 0.717) is 19.4 Å². The number of carbonyl (C=O) groups excluding carboxylic acids is 1. The minimum Gasteiger partial charge on any atom is -0.338 e. The summed E-state index contributed by atoms with van der Waals surface area (Å²) in [6.07, 6.45) is 4.60. The fourth-order valence-electron chi connectivity index (χ4n) is 2.52. The van der Waals surface area contributed by atoms with Crippen molar-refractivity contribution in [2.45, 2.75) is 46.1 Å². The van der Waals surface area contributed by atoms with E-state index in [0.717, 1.165) is 18.5 Å². The predicted octanol–water partition coefficient (Wildman–Crippen LogP) is 3.15. The molecular formula is C16H23N3O. The first-order chi connectivity index (χ1) is 9.59. The number of nitrogens with zero attached hydrogens (tertiary/aromatic N) is 3. The first-order valence-electron chi connectivity index (χ1n) is 7.16. The van der Waals surface area contributed by atoms with Crippen LogP contribution in [0.4, 0.5) is 0 Å². The average molecular weight is 273 g/mol. The maximum Gasteiger partial charge on any atom is 0.243 e. The van der Waals surface area contributed by atoms with Crippen LogP contribution in [-0.4, -0.2) is 22.8 Å². The Hall–Kier alpha value is -1.89. The highest BCUT2D eigenvalue weighted by atomic mass is 16.2. The molecule has 1 aromatic heterocycles. The number of rotatable bonds is 7. The van der Waals surface area contributed by atoms with E-state index in [1.165, 1.54) is 0 Å². The van der Waals surface area contributed by atoms with E-state index in [4.69, 9.17) is 0 Å². The van der Waals surface area contributed by atoms with Crippen LogP contribution in [0.15, 0.2) is 24.4 Å². The molecule has 4 heteroatoms. The van der Waals surface area contributed by atoms with Crippen molar-refractivity contribution in [3.63, 3.8) is 0 Å². The molecule has 4 nitrogen and oxygen atoms in total. The molecule has 1 aromatic rings. The Kier molecular flexibility index (Phi) is 6.17. The summed E-state index contributed by atoms with van der Waals surface area (Å²) in [5, 5.41) is 9.51. The van der Waals surface area contributed by atoms with Gasteiger partial charge in [-0.15, -0.1) is 0 Å². The topological polar surface area (TPSA) is 57.0 Å². The molecule has 1 heterocycles. The largest absolute Gasteiger partial charge is 0.338 e. The van der Waals surface area contributed by atoms with Gasteiger partial charge in [-0.25, -0.2) is 0 Å². The van der Waals surface area contributed by atoms with Gasteiger partial charge in [0.15, 0.2) is 0 Å². The van der Waals surface area contributed by atoms with Crippen LogP contribution in [0.1, 0.15) is 45.2 Å². The normalized spacial score (nSPS) is 10.9. The summed E-state index contributed by atoms with van der Waals surface area (Å²) < 4.78 is 0. The minimum absolute atomic E-state index is 0.0886. The quantitative estimate of drug-likeness (QED) is 0.766. The summed E-state index contributed by atoms with van der Waals surface area (Å²) in [5.74, 6) is -0.0886. The molecule has 0 atom stereocenters. The Balaban J connectivity index is 2.86. The van der Waals surface area contributed by atoms with Crippen LogP contribution in [0.2, 0.25) is 0 Å². The Morgan fingerprint density at radius 3 is 2.45 bits per heavy atom. The number of hydrogen-bond donors (Lipinski definition) is 0. The highest BCUT2D eigenvalue weighted by Gasteiger charge is 2.39. The SMILES string of the molecule is CCCC(C#N)(CCC)C(=O)N(C)Cc1ccccn1. The summed E-state index contributed by atoms with van der Waals surface area (Å²) in [7, 11) is 1.74. The van der Waals surface area contributed by atoms with Gasteiger partial charge in [-0.3, -0.25) is 9.78 Å². The Labute approximate surface area is 121 Å². The van der Waals surface area contributed by atoms with Gasteiger partial charge in [0.1, 0.15) is 5.41 Å². The summed E-state index contributed by atoms with van der Waals surface area (Å²) in [5.41, 5.74) is -0.0456. The van der Waals surface area contributed by atoms with Crippen LogP contribution in [0.5, 0.6) is 0 Å². The Bertz CT molecular complexity index is 458. The first-order valence-corrected chi connectivity index (χ1v) is 7.16. The third-order valence-corrected chi connectivity index (χ3v) is 3.45. The van der Waals surface area contributed by atoms with Gasteiger partial charge in [0, 0.05) is 13.2 Å². The van der Waals surface area contributed by atoms with Crippen molar-refractivity contribution in [3.8, 4) is 6.07 Å². The van der Waals surface area contributed by atoms with Gasteiger partial charge in [-0.05, 0) is 25.0 Å². The third-order valence-electron chi connectivity index (χ3n) is 3.45. The molecule has 0 radical (unpaired) electrons. The lowest BCUT2D eigenvalue weighted by Gasteiger charge is -2.29. The second-order valence-corrected chi connectivity index (χ2v) is 5.18. The van der Waals surface area contributed by atoms with Gasteiger partial charge in [-0.2, -0.15) is 5.26 Å². The molecule has 0 aliphatic heterocycles. The highest BCUT2D eigenvalue weighted by Crippen LogP contribution is 2.31. The van der Waals surface area contributed by atoms with E-state index in [2.05, 4.69) is 11.1 Å². The zero-order chi connectivity index (χ0) is 15.0. The summed E-state index contributed by atoms with van der Waals surface area (Å²) in [4.78, 5) is 18.5. The Morgan fingerprint density at radius 2 is 2.00 bits per heavy atom. The van der Waals surface area contributed by atoms with E-state index < -0.39 is 5.41 Å². The highest BCUT2D eigenvalue weighted by molar-refractivity contribution is 5.85. The number of nitriles is 1. The van der Waals surface area contributed by atoms with Crippen molar-refractivity contribution < 1.29 is 4.79 Å². The minimum atomic E-state index is -0.882. The molecule has 0 bridgehead atoms. The van der Waals surface area contributed by atoms with Gasteiger partial charge >= 0.3 is 0 Å². The van der Waals surface area contributed by atoms with Crippen molar-refractivity contribution in [3.05, 3.63) is 30.1 Å². The molecule has 0 N–H and O–H groups in total. The summed E-state index contributed by atoms with van der Waals surface area (Å²) in [6, 6.07) is 7.90. The molecule has 1 amide bonds. The van der Waals surface area contributed by atoms with Gasteiger partial charge in [0.25, 0.3) is 0 Å². The van der Waals surface area contributed by atoms with E-state index in [1.54, 1.807) is 18.1 Å². The van der Waals surface area contributed by atoms with Crippen molar-refractivity contribution >= 4 is 5.91 Å². The Morgan fingerprint density at radius 1 is 1.35 bits per heavy atom. The van der Waals surface area contributed by atoms with E-state index in [9.17, 15) is 10.1 Å². The maximum atomic E-state index is 12.7. The molecule has 0 aliphatic rings. The predicted molar refractivity (Wildman–Crippen MR) is 78.6 cm³/mol. The maximum absolute atomic E-state index is 12.7. The van der Waals surface area contributed by atoms with Gasteiger partial charge in [0.05, 0.1) is 18.3 Å². The number of hydrogen-bond acceptors (Lipinski definition) is 3. The first kappa shape index (κ1) is 16.2. The van der Waals surface area contributed by atoms with Crippen LogP contribution in [0.3, 0.4) is 0 Å². The van der Waals surface area contributed by atoms with E-state index in [-0.39, 0.29) is 5.91 Å². The molecular weight excluding hydrogens is 250 g/mol. The zero-order valence-corrected chi connectivity index (χ0v) is 12.6. The average Bonchev–Trinajstić information content (AvgIpc) is 2.47. The van der Waals surface area contributed by atoms with E-state index >= 15 is 0 Å². The molecule has 0 aromatic carbocycles. The summed E-state index contributed by atoms with van der Waals surface area (Å²) in [6.45, 7) is 4.46. The monoisotopic (exact) mass is 273 g/mol. The number of pyridine rings is 1. The molecule has 1 rings (SSSR count). The van der Waals surface area contributed by atoms with Crippen molar-refractivity contribution in [2.75, 3.05) is 7.05 Å². The van der Waals surface area contributed by atoms with Crippen LogP contribution in [-0.2, 0) is 11.3 Å². The van der Waals surface area contributed by atoms with Crippen molar-refractivity contribution in [1.29, 1.82) is 5.26 Å². The van der Waals surface area contributed by atoms with Crippen molar-refractivity contribution in [2.24, 2.45) is 5.41 Å². The van der Waals surface area contributed by atoms with Gasteiger partial charge in [-0.1, -0.05) is 32.8 Å². The lowest BCUT2D eigenvalue weighted by Crippen LogP contribution is -2.41. The number of amides is 1. The second kappa shape index (κ2) is 7.64. The fourth-order valence-corrected chi connectivity index (χ4v) is 2.52. The molecule has 0 saturated carbocycles. The smallest absolute Gasteiger partial charge is 0.243 e. The summed E-state index contributed by atoms with van der Waals surface area (Å²) >= 11 is 0. The molecule has 20 heavy (non-hydrogen) atoms. The molecule has 0 fully saturated rings. The molecule has 0 unspecified atom stereocenters. The van der Waals surface area contributed by atoms with Crippen LogP contribution >= 0.6 is 0 Å². The molecule has 108 valence electrons. The van der Waals surface area contributed by atoms with Crippen LogP contribution in [0.25, 0.3) is 0 Å². The molecule has 0 saturated heterocycles.